The van der Waals surface area contributed by atoms with E-state index in [9.17, 15) is 0 Å². The maximum Gasteiger partial charge on any atom is 0 e. The first-order chi connectivity index (χ1) is 0. The summed E-state index contributed by atoms with van der Waals surface area (Å²) in [5.41, 5.74) is 0. The quantitative estimate of drug-likeness (QED) is 0.502. The van der Waals surface area contributed by atoms with Crippen LogP contribution in [0.3, 0.4) is 0 Å². The molecule has 0 atom stereocenters. The Hall–Kier alpha value is 1.99. The summed E-state index contributed by atoms with van der Waals surface area (Å²) in [6, 6.07) is 0. The van der Waals surface area contributed by atoms with Crippen molar-refractivity contribution in [3.05, 3.63) is 0 Å². The third kappa shape index (κ3) is 24.1. The molecule has 0 heterocycles. The third-order valence-corrected chi connectivity index (χ3v) is 0. The molecule has 0 aromatic heterocycles. The fraction of sp³-hybridized carbons (Fsp3) is 0. The zero-order valence-corrected chi connectivity index (χ0v) is 6.11. The van der Waals surface area contributed by atoms with Gasteiger partial charge in [-0.3, -0.25) is 0 Å². The van der Waals surface area contributed by atoms with E-state index in [2.05, 4.69) is 0 Å². The molecule has 43 valence electrons. The predicted octanol–water partition coefficient (Wildman–Crippen LogP) is -0.835. The summed E-state index contributed by atoms with van der Waals surface area (Å²) in [5, 5.41) is 0. The smallest absolute Gasteiger partial charge is 0 e. The monoisotopic (exact) mass is 249 g/mol. The van der Waals surface area contributed by atoms with E-state index < -0.39 is 0 Å². The molecule has 0 aromatic rings. The van der Waals surface area contributed by atoms with E-state index in [0.717, 1.165) is 0 Å². The summed E-state index contributed by atoms with van der Waals surface area (Å²) in [7, 11) is 0. The van der Waals surface area contributed by atoms with Crippen LogP contribution < -0.4 is 0 Å². The predicted molar refractivity (Wildman–Crippen MR) is 3.61 cm³/mol. The molecule has 2 N–H and O–H groups in total. The molecule has 0 bridgehead atoms. The molecule has 0 aromatic carbocycles. The second kappa shape index (κ2) is 37.7. The van der Waals surface area contributed by atoms with E-state index in [-0.39, 0.29) is 72.6 Å². The van der Waals surface area contributed by atoms with Crippen molar-refractivity contribution in [2.45, 2.75) is 0 Å². The van der Waals surface area contributed by atoms with Crippen molar-refractivity contribution in [2.24, 2.45) is 0 Å². The molecule has 0 saturated carbocycles. The Morgan fingerprint density at radius 1 is 0.800 bits per heavy atom. The Morgan fingerprint density at radius 2 is 0.800 bits per heavy atom. The topological polar surface area (TPSA) is 31.5 Å². The molecule has 0 unspecified atom stereocenters. The minimum atomic E-state index is 0. The van der Waals surface area contributed by atoms with Crippen molar-refractivity contribution in [3.8, 4) is 0 Å². The summed E-state index contributed by atoms with van der Waals surface area (Å²) < 4.78 is 0. The molecule has 0 rings (SSSR count). The maximum absolute atomic E-state index is 0. The second-order valence-electron chi connectivity index (χ2n) is 0. The molecule has 0 amide bonds. The van der Waals surface area contributed by atoms with E-state index in [4.69, 9.17) is 0 Å². The van der Waals surface area contributed by atoms with Gasteiger partial charge in [-0.1, -0.05) is 0 Å². The molecule has 0 aliphatic heterocycles. The fourth-order valence-electron chi connectivity index (χ4n) is 0. The van der Waals surface area contributed by atoms with Gasteiger partial charge < -0.3 is 5.48 Å². The minimum Gasteiger partial charge on any atom is -0.412 e. The average Bonchev–Trinajstić information content (AvgIpc) is 0. The van der Waals surface area contributed by atoms with Gasteiger partial charge >= 0.3 is 0 Å². The number of hydrogen-bond donors (Lipinski definition) is 0. The van der Waals surface area contributed by atoms with E-state index in [1.54, 1.807) is 0 Å². The largest absolute Gasteiger partial charge is 0.412 e. The van der Waals surface area contributed by atoms with Crippen LogP contribution in [0.5, 0.6) is 0 Å². The number of hydrogen-bond acceptors (Lipinski definition) is 0. The maximum atomic E-state index is 0. The standard InChI is InChI=1S/2Co.Mn.Ni.H2O/h;;;;1H2. The van der Waals surface area contributed by atoms with Crippen LogP contribution >= 0.6 is 0 Å². The Bertz CT molecular complexity index is 9.61. The average molecular weight is 250 g/mol. The second-order valence-corrected chi connectivity index (χ2v) is 0. The van der Waals surface area contributed by atoms with Crippen molar-refractivity contribution in [1.82, 2.24) is 0 Å². The molecule has 0 saturated heterocycles. The van der Waals surface area contributed by atoms with Gasteiger partial charge in [-0.05, 0) is 0 Å². The van der Waals surface area contributed by atoms with E-state index in [0.29, 0.717) is 0 Å². The van der Waals surface area contributed by atoms with Crippen LogP contribution in [0.1, 0.15) is 0 Å². The van der Waals surface area contributed by atoms with Crippen molar-refractivity contribution in [2.75, 3.05) is 0 Å². The molecular formula is H2Co2MnNiO. The van der Waals surface area contributed by atoms with Crippen LogP contribution in [-0.4, -0.2) is 5.48 Å². The first-order valence-corrected chi connectivity index (χ1v) is 0. The summed E-state index contributed by atoms with van der Waals surface area (Å²) in [5.74, 6) is 0. The van der Waals surface area contributed by atoms with E-state index >= 15 is 0 Å². The molecule has 1 nitrogen and oxygen atoms in total. The van der Waals surface area contributed by atoms with Gasteiger partial charge in [-0.15, -0.1) is 0 Å². The fourth-order valence-corrected chi connectivity index (χ4v) is 0. The molecule has 3 radical (unpaired) electrons. The Kier molecular flexibility index (Phi) is 479. The van der Waals surface area contributed by atoms with Crippen LogP contribution in [0.2, 0.25) is 0 Å². The minimum absolute atomic E-state index is 0. The summed E-state index contributed by atoms with van der Waals surface area (Å²) in [6.07, 6.45) is 0. The van der Waals surface area contributed by atoms with Crippen LogP contribution in [0.25, 0.3) is 0 Å². The van der Waals surface area contributed by atoms with Crippen LogP contribution in [0.4, 0.5) is 0 Å². The van der Waals surface area contributed by atoms with E-state index in [1.807, 2.05) is 0 Å². The van der Waals surface area contributed by atoms with Gasteiger partial charge in [0.05, 0.1) is 0 Å². The molecule has 5 heteroatoms. The van der Waals surface area contributed by atoms with Crippen molar-refractivity contribution in [1.29, 1.82) is 0 Å². The van der Waals surface area contributed by atoms with Crippen LogP contribution in [0, 0.1) is 0 Å². The third-order valence-electron chi connectivity index (χ3n) is 0. The molecule has 5 heavy (non-hydrogen) atoms. The van der Waals surface area contributed by atoms with Gasteiger partial charge in [-0.25, -0.2) is 0 Å². The SMILES string of the molecule is O.[Co].[Co].[Mn].[Ni]. The summed E-state index contributed by atoms with van der Waals surface area (Å²) in [6.45, 7) is 0. The van der Waals surface area contributed by atoms with Gasteiger partial charge in [0, 0.05) is 67.1 Å². The van der Waals surface area contributed by atoms with Crippen molar-refractivity contribution >= 4 is 0 Å². The summed E-state index contributed by atoms with van der Waals surface area (Å²) in [4.78, 5) is 0. The molecule has 0 spiro atoms. The molecule has 0 fully saturated rings. The van der Waals surface area contributed by atoms with Crippen LogP contribution in [-0.2, 0) is 67.1 Å². The van der Waals surface area contributed by atoms with E-state index in [1.165, 1.54) is 0 Å². The first-order valence-electron chi connectivity index (χ1n) is 0. The molecule has 0 aliphatic carbocycles. The Labute approximate surface area is 72.1 Å². The first kappa shape index (κ1) is 63.5. The van der Waals surface area contributed by atoms with Crippen molar-refractivity contribution < 1.29 is 72.6 Å². The van der Waals surface area contributed by atoms with Gasteiger partial charge in [0.2, 0.25) is 0 Å². The Morgan fingerprint density at radius 3 is 0.800 bits per heavy atom. The normalized spacial score (nSPS) is 0. The summed E-state index contributed by atoms with van der Waals surface area (Å²) >= 11 is 0. The number of rotatable bonds is 0. The van der Waals surface area contributed by atoms with Crippen molar-refractivity contribution in [3.63, 3.8) is 0 Å². The molecular weight excluding hydrogens is 247 g/mol. The van der Waals surface area contributed by atoms with Gasteiger partial charge in [0.25, 0.3) is 0 Å². The van der Waals surface area contributed by atoms with Gasteiger partial charge in [0.1, 0.15) is 0 Å². The Balaban J connectivity index is 0. The van der Waals surface area contributed by atoms with Crippen LogP contribution in [0.15, 0.2) is 0 Å². The van der Waals surface area contributed by atoms with Gasteiger partial charge in [0.15, 0.2) is 0 Å². The zero-order chi connectivity index (χ0) is 0. The molecule has 0 aliphatic rings. The zero-order valence-electron chi connectivity index (χ0n) is 1.86. The van der Waals surface area contributed by atoms with Gasteiger partial charge in [-0.2, -0.15) is 0 Å².